The number of amides is 1. The molecule has 0 aliphatic carbocycles. The van der Waals surface area contributed by atoms with E-state index in [0.717, 1.165) is 25.2 Å². The van der Waals surface area contributed by atoms with Crippen LogP contribution in [0.15, 0.2) is 46.3 Å². The van der Waals surface area contributed by atoms with E-state index in [1.165, 1.54) is 12.3 Å². The van der Waals surface area contributed by atoms with Gasteiger partial charge in [-0.05, 0) is 51.1 Å². The van der Waals surface area contributed by atoms with Crippen LogP contribution in [-0.4, -0.2) is 47.9 Å². The maximum atomic E-state index is 14.0. The molecule has 0 radical (unpaired) electrons. The van der Waals surface area contributed by atoms with Crippen LogP contribution < -0.4 is 9.80 Å². The number of carbonyl (C=O) groups is 1. The number of rotatable bonds is 3. The smallest absolute Gasteiger partial charge is 0.304 e. The summed E-state index contributed by atoms with van der Waals surface area (Å²) in [6, 6.07) is 5.12. The van der Waals surface area contributed by atoms with E-state index < -0.39 is 5.82 Å². The number of aryl methyl sites for hydroxylation is 1. The molecule has 4 rings (SSSR count). The van der Waals surface area contributed by atoms with E-state index in [9.17, 15) is 9.18 Å². The third kappa shape index (κ3) is 4.98. The molecule has 2 aromatic rings. The van der Waals surface area contributed by atoms with Gasteiger partial charge in [0.1, 0.15) is 11.5 Å². The van der Waals surface area contributed by atoms with Gasteiger partial charge in [-0.1, -0.05) is 13.8 Å². The fraction of sp³-hybridized carbons (Fsp3) is 0.320. The van der Waals surface area contributed by atoms with Gasteiger partial charge >= 0.3 is 5.91 Å². The van der Waals surface area contributed by atoms with Gasteiger partial charge in [-0.3, -0.25) is 24.7 Å². The summed E-state index contributed by atoms with van der Waals surface area (Å²) in [5, 5.41) is 0. The zero-order valence-electron chi connectivity index (χ0n) is 19.3. The molecule has 4 heterocycles. The van der Waals surface area contributed by atoms with Crippen LogP contribution in [0.1, 0.15) is 34.3 Å². The standard InChI is InChI=1S/C23H21FN6O.C2H6.H2/c1-4-26-17(13-25-3)5-8-22(31)30-18-9-10-29(14-18)21-7-6-20(28-23(21)30)16-11-19(24)15(2)27-12-16;1-2;/h4,6-7,11-13,18H,3,9-10,14H2,1-2H3;1-2H3;1H/b17-13-,26-4?;;. The van der Waals surface area contributed by atoms with Crippen molar-refractivity contribution in [2.45, 2.75) is 40.2 Å². The summed E-state index contributed by atoms with van der Waals surface area (Å²) in [5.41, 5.74) is 2.63. The molecule has 0 saturated carbocycles. The molecular formula is C25H29FN6O. The number of halogens is 1. The maximum Gasteiger partial charge on any atom is 0.304 e. The second-order valence-corrected chi connectivity index (χ2v) is 7.23. The van der Waals surface area contributed by atoms with Crippen LogP contribution in [0.4, 0.5) is 15.9 Å². The van der Waals surface area contributed by atoms with Gasteiger partial charge in [-0.25, -0.2) is 9.37 Å². The normalized spacial score (nSPS) is 16.5. The van der Waals surface area contributed by atoms with Crippen molar-refractivity contribution in [1.82, 2.24) is 9.97 Å². The number of aromatic nitrogens is 2. The third-order valence-corrected chi connectivity index (χ3v) is 5.27. The summed E-state index contributed by atoms with van der Waals surface area (Å²) in [7, 11) is 0. The van der Waals surface area contributed by atoms with Gasteiger partial charge in [-0.2, -0.15) is 0 Å². The van der Waals surface area contributed by atoms with Crippen LogP contribution in [0, 0.1) is 24.6 Å². The van der Waals surface area contributed by atoms with E-state index >= 15 is 0 Å². The van der Waals surface area contributed by atoms with Gasteiger partial charge < -0.3 is 4.90 Å². The van der Waals surface area contributed by atoms with E-state index in [-0.39, 0.29) is 13.4 Å². The minimum absolute atomic E-state index is 0. The van der Waals surface area contributed by atoms with Crippen molar-refractivity contribution < 1.29 is 10.6 Å². The Bertz CT molecular complexity index is 1180. The van der Waals surface area contributed by atoms with E-state index in [1.807, 2.05) is 26.0 Å². The summed E-state index contributed by atoms with van der Waals surface area (Å²) >= 11 is 0. The molecule has 2 aliphatic heterocycles. The first-order valence-electron chi connectivity index (χ1n) is 10.9. The predicted molar refractivity (Wildman–Crippen MR) is 133 cm³/mol. The zero-order chi connectivity index (χ0) is 24.0. The maximum absolute atomic E-state index is 14.0. The Balaban J connectivity index is 0.00000133. The molecule has 0 N–H and O–H groups in total. The number of fused-ring (bicyclic) bond motifs is 4. The lowest BCUT2D eigenvalue weighted by Gasteiger charge is -2.34. The van der Waals surface area contributed by atoms with Gasteiger partial charge in [0.05, 0.1) is 29.3 Å². The van der Waals surface area contributed by atoms with Gasteiger partial charge in [0.15, 0.2) is 5.82 Å². The molecule has 1 amide bonds. The van der Waals surface area contributed by atoms with Crippen molar-refractivity contribution >= 4 is 30.3 Å². The fourth-order valence-electron chi connectivity index (χ4n) is 3.78. The third-order valence-electron chi connectivity index (χ3n) is 5.27. The van der Waals surface area contributed by atoms with Crippen LogP contribution >= 0.6 is 0 Å². The summed E-state index contributed by atoms with van der Waals surface area (Å²) < 4.78 is 14.0. The lowest BCUT2D eigenvalue weighted by atomic mass is 10.1. The van der Waals surface area contributed by atoms with Gasteiger partial charge in [0.25, 0.3) is 0 Å². The van der Waals surface area contributed by atoms with Crippen LogP contribution in [0.25, 0.3) is 11.3 Å². The topological polar surface area (TPSA) is 74.1 Å². The number of nitrogens with zero attached hydrogens (tertiary/aromatic N) is 6. The number of pyridine rings is 2. The quantitative estimate of drug-likeness (QED) is 0.514. The van der Waals surface area contributed by atoms with Gasteiger partial charge in [-0.15, -0.1) is 0 Å². The lowest BCUT2D eigenvalue weighted by Crippen LogP contribution is -2.46. The fourth-order valence-corrected chi connectivity index (χ4v) is 3.78. The summed E-state index contributed by atoms with van der Waals surface area (Å²) in [4.78, 5) is 33.5. The number of hydrogen-bond donors (Lipinski definition) is 0. The van der Waals surface area contributed by atoms with E-state index in [0.29, 0.717) is 28.5 Å². The molecule has 172 valence electrons. The number of anilines is 2. The molecule has 2 bridgehead atoms. The van der Waals surface area contributed by atoms with Crippen molar-refractivity contribution in [3.8, 4) is 23.1 Å². The number of carbonyl (C=O) groups excluding carboxylic acids is 1. The molecule has 1 saturated heterocycles. The molecule has 1 fully saturated rings. The first-order chi connectivity index (χ1) is 16.0. The Hall–Kier alpha value is -3.86. The van der Waals surface area contributed by atoms with E-state index in [4.69, 9.17) is 4.98 Å². The number of allylic oxidation sites excluding steroid dienone is 1. The Morgan fingerprint density at radius 2 is 2.15 bits per heavy atom. The van der Waals surface area contributed by atoms with E-state index in [1.54, 1.807) is 31.2 Å². The predicted octanol–water partition coefficient (Wildman–Crippen LogP) is 4.42. The minimum Gasteiger partial charge on any atom is -0.366 e. The Kier molecular flexibility index (Phi) is 7.67. The molecule has 7 nitrogen and oxygen atoms in total. The first kappa shape index (κ1) is 23.8. The van der Waals surface area contributed by atoms with Gasteiger partial charge in [0, 0.05) is 38.4 Å². The highest BCUT2D eigenvalue weighted by molar-refractivity contribution is 6.08. The molecule has 1 unspecified atom stereocenters. The highest BCUT2D eigenvalue weighted by atomic mass is 19.1. The molecule has 8 heteroatoms. The molecule has 0 aromatic carbocycles. The average Bonchev–Trinajstić information content (AvgIpc) is 3.25. The Morgan fingerprint density at radius 1 is 1.36 bits per heavy atom. The zero-order valence-corrected chi connectivity index (χ0v) is 19.3. The monoisotopic (exact) mass is 448 g/mol. The Morgan fingerprint density at radius 3 is 2.85 bits per heavy atom. The molecule has 0 spiro atoms. The first-order valence-corrected chi connectivity index (χ1v) is 10.9. The second-order valence-electron chi connectivity index (χ2n) is 7.23. The second kappa shape index (κ2) is 10.6. The number of hydrogen-bond acceptors (Lipinski definition) is 6. The summed E-state index contributed by atoms with van der Waals surface area (Å²) in [6.07, 6.45) is 5.38. The SMILES string of the molecule is C=N/C=C(/C#CC(=O)N1c2nc(-c3cnc(C)c(F)c3)ccc2N2CCC1C2)N=CC.CC.[HH]. The summed E-state index contributed by atoms with van der Waals surface area (Å²) in [6.45, 7) is 12.3. The minimum atomic E-state index is -0.397. The van der Waals surface area contributed by atoms with Crippen LogP contribution in [0.3, 0.4) is 0 Å². The van der Waals surface area contributed by atoms with Crippen LogP contribution in [-0.2, 0) is 4.79 Å². The molecule has 33 heavy (non-hydrogen) atoms. The van der Waals surface area contributed by atoms with Gasteiger partial charge in [0.2, 0.25) is 0 Å². The molecular weight excluding hydrogens is 419 g/mol. The highest BCUT2D eigenvalue weighted by Crippen LogP contribution is 2.40. The van der Waals surface area contributed by atoms with Crippen molar-refractivity contribution in [1.29, 1.82) is 0 Å². The van der Waals surface area contributed by atoms with Crippen LogP contribution in [0.5, 0.6) is 0 Å². The average molecular weight is 449 g/mol. The number of aliphatic imine (C=N–C) groups is 2. The lowest BCUT2D eigenvalue weighted by molar-refractivity contribution is -0.113. The van der Waals surface area contributed by atoms with E-state index in [2.05, 4.69) is 38.4 Å². The van der Waals surface area contributed by atoms with Crippen molar-refractivity contribution in [2.75, 3.05) is 22.9 Å². The summed E-state index contributed by atoms with van der Waals surface area (Å²) in [5.74, 6) is 5.17. The van der Waals surface area contributed by atoms with Crippen molar-refractivity contribution in [3.63, 3.8) is 0 Å². The van der Waals surface area contributed by atoms with Crippen LogP contribution in [0.2, 0.25) is 0 Å². The van der Waals surface area contributed by atoms with Crippen molar-refractivity contribution in [2.24, 2.45) is 9.98 Å². The molecule has 2 aliphatic rings. The van der Waals surface area contributed by atoms with Crippen molar-refractivity contribution in [3.05, 3.63) is 47.8 Å². The molecule has 2 aromatic heterocycles. The Labute approximate surface area is 195 Å². The highest BCUT2D eigenvalue weighted by Gasteiger charge is 2.39. The molecule has 1 atom stereocenters. The largest absolute Gasteiger partial charge is 0.366 e.